The zero-order valence-electron chi connectivity index (χ0n) is 20.9. The Bertz CT molecular complexity index is 1250. The van der Waals surface area contributed by atoms with Crippen LogP contribution in [0.5, 0.6) is 5.75 Å². The quantitative estimate of drug-likeness (QED) is 0.234. The van der Waals surface area contributed by atoms with Crippen molar-refractivity contribution in [3.8, 4) is 5.75 Å². The summed E-state index contributed by atoms with van der Waals surface area (Å²) in [6.07, 6.45) is -3.53. The number of aromatic nitrogens is 2. The summed E-state index contributed by atoms with van der Waals surface area (Å²) < 4.78 is 43.4. The van der Waals surface area contributed by atoms with Crippen LogP contribution < -0.4 is 20.9 Å². The number of nitrogens with zero attached hydrogens (tertiary/aromatic N) is 1. The van der Waals surface area contributed by atoms with E-state index in [1.165, 1.54) is 13.1 Å². The molecule has 3 unspecified atom stereocenters. The fourth-order valence-electron chi connectivity index (χ4n) is 4.13. The lowest BCUT2D eigenvalue weighted by Crippen LogP contribution is -2.46. The minimum atomic E-state index is -4.18. The molecule has 0 spiro atoms. The third-order valence-corrected chi connectivity index (χ3v) is 7.72. The average Bonchev–Trinajstić information content (AvgIpc) is 3.29. The minimum Gasteiger partial charge on any atom is -0.413 e. The van der Waals surface area contributed by atoms with Gasteiger partial charge in [-0.25, -0.2) is 14.4 Å². The van der Waals surface area contributed by atoms with E-state index in [4.69, 9.17) is 23.3 Å². The lowest BCUT2D eigenvalue weighted by molar-refractivity contribution is -0.185. The molecule has 1 aromatic carbocycles. The number of aryl methyl sites for hydroxylation is 1. The molecular weight excluding hydrogens is 509 g/mol. The summed E-state index contributed by atoms with van der Waals surface area (Å²) in [5.74, 6) is 0.240. The van der Waals surface area contributed by atoms with Crippen molar-refractivity contribution in [3.63, 3.8) is 0 Å². The van der Waals surface area contributed by atoms with Crippen molar-refractivity contribution in [2.45, 2.75) is 70.2 Å². The summed E-state index contributed by atoms with van der Waals surface area (Å²) >= 11 is 0. The number of hydrogen-bond donors (Lipinski definition) is 4. The van der Waals surface area contributed by atoms with Crippen molar-refractivity contribution >= 4 is 7.75 Å². The van der Waals surface area contributed by atoms with Crippen LogP contribution in [0.1, 0.15) is 32.6 Å². The Morgan fingerprint density at radius 3 is 2.65 bits per heavy atom. The number of para-hydroxylation sites is 1. The number of nitrogens with one attached hydrogen (secondary N) is 2. The first-order valence-corrected chi connectivity index (χ1v) is 13.4. The van der Waals surface area contributed by atoms with Crippen molar-refractivity contribution in [2.24, 2.45) is 0 Å². The van der Waals surface area contributed by atoms with Gasteiger partial charge in [-0.05, 0) is 39.8 Å². The Kier molecular flexibility index (Phi) is 8.07. The molecule has 1 aromatic heterocycles. The molecule has 204 valence electrons. The number of benzene rings is 1. The molecule has 2 aromatic rings. The van der Waals surface area contributed by atoms with Gasteiger partial charge in [0.25, 0.3) is 5.56 Å². The molecule has 37 heavy (non-hydrogen) atoms. The van der Waals surface area contributed by atoms with Gasteiger partial charge in [0.1, 0.15) is 23.6 Å². The summed E-state index contributed by atoms with van der Waals surface area (Å²) in [5.41, 5.74) is -2.47. The highest BCUT2D eigenvalue weighted by atomic mass is 31.2. The average molecular weight is 541 g/mol. The lowest BCUT2D eigenvalue weighted by Gasteiger charge is -2.33. The maximum absolute atomic E-state index is 13.8. The number of hydrogen-bond acceptors (Lipinski definition) is 10. The third-order valence-electron chi connectivity index (χ3n) is 6.08. The molecule has 14 heteroatoms. The van der Waals surface area contributed by atoms with Crippen LogP contribution in [0, 0.1) is 6.92 Å². The standard InChI is InChI=1S/C23H32N3O10P/c1-13(2)34-21(29)15(4)25-37(31,36-16-8-6-5-7-9-16)33-12-23-11-32-17(18(23)27)20(35-23)26-10-14(3)19(28)24-22(26)30/h5-10,13,15,17-18,20-21,27,29H,11-12H2,1-4H3,(H,25,31)(H,24,28,30)/t15?,17-,18+,20-,21?,23-,37?/m1/s1. The summed E-state index contributed by atoms with van der Waals surface area (Å²) in [5, 5.41) is 23.9. The van der Waals surface area contributed by atoms with Crippen LogP contribution in [-0.2, 0) is 23.3 Å². The lowest BCUT2D eigenvalue weighted by atomic mass is 10.0. The first-order valence-electron chi connectivity index (χ1n) is 11.8. The molecule has 0 radical (unpaired) electrons. The SMILES string of the molecule is Cc1cn([C@@H]2O[C@@]3(COP(=O)(NC(C)C(O)OC(C)C)Oc4ccccc4)CO[C@@H]2[C@@H]3O)c(=O)[nH]c1=O. The topological polar surface area (TPSA) is 171 Å². The van der Waals surface area contributed by atoms with Gasteiger partial charge < -0.3 is 28.9 Å². The van der Waals surface area contributed by atoms with Crippen LogP contribution in [0.2, 0.25) is 0 Å². The van der Waals surface area contributed by atoms with Crippen LogP contribution in [0.25, 0.3) is 0 Å². The third kappa shape index (κ3) is 5.89. The molecule has 4 rings (SSSR count). The predicted molar refractivity (Wildman–Crippen MR) is 130 cm³/mol. The number of aromatic amines is 1. The predicted octanol–water partition coefficient (Wildman–Crippen LogP) is 0.798. The van der Waals surface area contributed by atoms with E-state index in [-0.39, 0.29) is 24.0 Å². The van der Waals surface area contributed by atoms with Crippen molar-refractivity contribution in [1.29, 1.82) is 0 Å². The molecule has 2 aliphatic rings. The van der Waals surface area contributed by atoms with Crippen LogP contribution >= 0.6 is 7.75 Å². The summed E-state index contributed by atoms with van der Waals surface area (Å²) in [6.45, 7) is 6.01. The van der Waals surface area contributed by atoms with Gasteiger partial charge in [0.2, 0.25) is 0 Å². The van der Waals surface area contributed by atoms with Gasteiger partial charge in [-0.15, -0.1) is 0 Å². The van der Waals surface area contributed by atoms with Gasteiger partial charge in [-0.2, -0.15) is 0 Å². The maximum atomic E-state index is 13.8. The van der Waals surface area contributed by atoms with Crippen LogP contribution in [0.15, 0.2) is 46.1 Å². The monoisotopic (exact) mass is 541 g/mol. The van der Waals surface area contributed by atoms with E-state index in [2.05, 4.69) is 10.1 Å². The molecule has 2 saturated heterocycles. The molecule has 0 saturated carbocycles. The number of rotatable bonds is 11. The highest BCUT2D eigenvalue weighted by molar-refractivity contribution is 7.52. The van der Waals surface area contributed by atoms with Crippen LogP contribution in [0.4, 0.5) is 0 Å². The smallest absolute Gasteiger partial charge is 0.413 e. The molecule has 2 fully saturated rings. The molecule has 13 nitrogen and oxygen atoms in total. The minimum absolute atomic E-state index is 0.105. The molecule has 4 N–H and O–H groups in total. The van der Waals surface area contributed by atoms with Gasteiger partial charge in [0.05, 0.1) is 25.4 Å². The van der Waals surface area contributed by atoms with E-state index in [1.807, 2.05) is 0 Å². The second-order valence-electron chi connectivity index (χ2n) is 9.44. The molecule has 0 amide bonds. The number of aliphatic hydroxyl groups is 2. The van der Waals surface area contributed by atoms with E-state index in [0.717, 1.165) is 4.57 Å². The van der Waals surface area contributed by atoms with Crippen molar-refractivity contribution < 1.29 is 38.0 Å². The Hall–Kier alpha value is -2.35. The van der Waals surface area contributed by atoms with E-state index < -0.39 is 62.0 Å². The first kappa shape index (κ1) is 27.7. The molecule has 3 heterocycles. The molecule has 0 aliphatic carbocycles. The Morgan fingerprint density at radius 2 is 1.97 bits per heavy atom. The van der Waals surface area contributed by atoms with Gasteiger partial charge in [0, 0.05) is 11.8 Å². The molecular formula is C23H32N3O10P. The van der Waals surface area contributed by atoms with E-state index in [9.17, 15) is 24.4 Å². The highest BCUT2D eigenvalue weighted by Crippen LogP contribution is 2.50. The number of ether oxygens (including phenoxy) is 3. The Morgan fingerprint density at radius 1 is 1.27 bits per heavy atom. The zero-order valence-corrected chi connectivity index (χ0v) is 21.8. The number of aliphatic hydroxyl groups excluding tert-OH is 2. The fraction of sp³-hybridized carbons (Fsp3) is 0.565. The summed E-state index contributed by atoms with van der Waals surface area (Å²) in [4.78, 5) is 26.4. The Balaban J connectivity index is 1.55. The normalized spacial score (nSPS) is 28.2. The van der Waals surface area contributed by atoms with Gasteiger partial charge >= 0.3 is 13.4 Å². The van der Waals surface area contributed by atoms with Crippen molar-refractivity contribution in [1.82, 2.24) is 14.6 Å². The zero-order chi connectivity index (χ0) is 27.0. The van der Waals surface area contributed by atoms with E-state index in [0.29, 0.717) is 0 Å². The van der Waals surface area contributed by atoms with E-state index in [1.54, 1.807) is 51.1 Å². The first-order chi connectivity index (χ1) is 17.4. The van der Waals surface area contributed by atoms with E-state index >= 15 is 0 Å². The molecule has 2 aliphatic heterocycles. The van der Waals surface area contributed by atoms with Gasteiger partial charge in [0.15, 0.2) is 12.5 Å². The fourth-order valence-corrected chi connectivity index (χ4v) is 5.72. The molecule has 2 bridgehead atoms. The largest absolute Gasteiger partial charge is 0.459 e. The highest BCUT2D eigenvalue weighted by Gasteiger charge is 2.62. The summed E-state index contributed by atoms with van der Waals surface area (Å²) in [7, 11) is -4.18. The molecule has 7 atom stereocenters. The second kappa shape index (κ2) is 10.8. The number of H-pyrrole nitrogens is 1. The van der Waals surface area contributed by atoms with Crippen molar-refractivity contribution in [3.05, 3.63) is 62.9 Å². The summed E-state index contributed by atoms with van der Waals surface area (Å²) in [6, 6.07) is 7.43. The Labute approximate surface area is 212 Å². The second-order valence-corrected chi connectivity index (χ2v) is 11.1. The number of fused-ring (bicyclic) bond motifs is 2. The van der Waals surface area contributed by atoms with Crippen LogP contribution in [-0.4, -0.2) is 69.2 Å². The van der Waals surface area contributed by atoms with Crippen molar-refractivity contribution in [2.75, 3.05) is 13.2 Å². The van der Waals surface area contributed by atoms with Crippen LogP contribution in [0.3, 0.4) is 0 Å². The van der Waals surface area contributed by atoms with Gasteiger partial charge in [-0.1, -0.05) is 18.2 Å². The maximum Gasteiger partial charge on any atom is 0.459 e. The van der Waals surface area contributed by atoms with Gasteiger partial charge in [-0.3, -0.25) is 18.9 Å².